The summed E-state index contributed by atoms with van der Waals surface area (Å²) in [4.78, 5) is 2.25. The number of rotatable bonds is 2. The first-order valence-corrected chi connectivity index (χ1v) is 5.69. The normalized spacial score (nSPS) is 17.2. The van der Waals surface area contributed by atoms with Crippen molar-refractivity contribution in [2.45, 2.75) is 25.9 Å². The third kappa shape index (κ3) is 2.02. The van der Waals surface area contributed by atoms with Gasteiger partial charge in [0.05, 0.1) is 17.7 Å². The lowest BCUT2D eigenvalue weighted by Crippen LogP contribution is -2.20. The van der Waals surface area contributed by atoms with Gasteiger partial charge in [-0.2, -0.15) is 5.26 Å². The molecule has 0 saturated carbocycles. The number of nitrogens with zero attached hydrogens (tertiary/aromatic N) is 2. The average Bonchev–Trinajstić information content (AvgIpc) is 2.81. The van der Waals surface area contributed by atoms with Crippen LogP contribution in [0.4, 0.5) is 5.69 Å². The van der Waals surface area contributed by atoms with Gasteiger partial charge in [-0.05, 0) is 31.9 Å². The van der Waals surface area contributed by atoms with Gasteiger partial charge in [0, 0.05) is 24.3 Å². The third-order valence-electron chi connectivity index (χ3n) is 3.06. The quantitative estimate of drug-likeness (QED) is 0.824. The zero-order valence-electron chi connectivity index (χ0n) is 9.48. The number of hydrogen-bond acceptors (Lipinski definition) is 3. The molecular weight excluding hydrogens is 200 g/mol. The van der Waals surface area contributed by atoms with Gasteiger partial charge in [0.1, 0.15) is 0 Å². The third-order valence-corrected chi connectivity index (χ3v) is 3.06. The largest absolute Gasteiger partial charge is 0.389 e. The van der Waals surface area contributed by atoms with E-state index >= 15 is 0 Å². The van der Waals surface area contributed by atoms with E-state index in [0.717, 1.165) is 24.3 Å². The molecule has 0 amide bonds. The Morgan fingerprint density at radius 3 is 2.62 bits per heavy atom. The molecular formula is C13H16N2O. The minimum absolute atomic E-state index is 0.483. The topological polar surface area (TPSA) is 47.3 Å². The highest BCUT2D eigenvalue weighted by molar-refractivity contribution is 5.59. The summed E-state index contributed by atoms with van der Waals surface area (Å²) in [6, 6.07) is 7.65. The van der Waals surface area contributed by atoms with Crippen molar-refractivity contribution >= 4 is 5.69 Å². The molecule has 1 heterocycles. The molecule has 0 unspecified atom stereocenters. The number of anilines is 1. The fraction of sp³-hybridized carbons (Fsp3) is 0.462. The molecule has 0 aromatic heterocycles. The number of hydrogen-bond donors (Lipinski definition) is 1. The zero-order valence-corrected chi connectivity index (χ0v) is 9.48. The van der Waals surface area contributed by atoms with Crippen LogP contribution < -0.4 is 4.90 Å². The van der Waals surface area contributed by atoms with Crippen LogP contribution in [0.25, 0.3) is 0 Å². The zero-order chi connectivity index (χ0) is 11.5. The molecule has 2 rings (SSSR count). The van der Waals surface area contributed by atoms with Crippen molar-refractivity contribution in [1.29, 1.82) is 5.26 Å². The van der Waals surface area contributed by atoms with Crippen LogP contribution in [0.3, 0.4) is 0 Å². The molecule has 0 aliphatic carbocycles. The first kappa shape index (κ1) is 11.0. The second kappa shape index (κ2) is 4.54. The maximum Gasteiger partial charge on any atom is 0.0992 e. The van der Waals surface area contributed by atoms with Crippen LogP contribution in [0.2, 0.25) is 0 Å². The molecule has 0 radical (unpaired) electrons. The van der Waals surface area contributed by atoms with Gasteiger partial charge in [-0.25, -0.2) is 0 Å². The summed E-state index contributed by atoms with van der Waals surface area (Å²) in [5, 5.41) is 18.6. The highest BCUT2D eigenvalue weighted by Gasteiger charge is 2.18. The second-order valence-corrected chi connectivity index (χ2v) is 4.26. The molecule has 3 heteroatoms. The van der Waals surface area contributed by atoms with Crippen molar-refractivity contribution in [2.75, 3.05) is 18.0 Å². The van der Waals surface area contributed by atoms with E-state index < -0.39 is 6.10 Å². The minimum Gasteiger partial charge on any atom is -0.389 e. The predicted molar refractivity (Wildman–Crippen MR) is 63.2 cm³/mol. The standard InChI is InChI=1S/C13H16N2O/c1-10(16)12-5-4-11(9-14)8-13(12)15-6-2-3-7-15/h4-5,8,10,16H,2-3,6-7H2,1H3/t10-/m0/s1. The smallest absolute Gasteiger partial charge is 0.0992 e. The molecule has 1 aromatic rings. The summed E-state index contributed by atoms with van der Waals surface area (Å²) >= 11 is 0. The van der Waals surface area contributed by atoms with Crippen LogP contribution in [0.1, 0.15) is 37.0 Å². The summed E-state index contributed by atoms with van der Waals surface area (Å²) in [5.74, 6) is 0. The number of benzene rings is 1. The summed E-state index contributed by atoms with van der Waals surface area (Å²) in [7, 11) is 0. The lowest BCUT2D eigenvalue weighted by Gasteiger charge is -2.22. The van der Waals surface area contributed by atoms with Crippen molar-refractivity contribution in [2.24, 2.45) is 0 Å². The lowest BCUT2D eigenvalue weighted by atomic mass is 10.0. The summed E-state index contributed by atoms with van der Waals surface area (Å²) in [6.07, 6.45) is 1.90. The molecule has 0 bridgehead atoms. The molecule has 1 aromatic carbocycles. The Morgan fingerprint density at radius 2 is 2.06 bits per heavy atom. The van der Waals surface area contributed by atoms with Crippen molar-refractivity contribution in [3.63, 3.8) is 0 Å². The van der Waals surface area contributed by atoms with Crippen LogP contribution >= 0.6 is 0 Å². The summed E-state index contributed by atoms with van der Waals surface area (Å²) in [5.41, 5.74) is 2.60. The second-order valence-electron chi connectivity index (χ2n) is 4.26. The van der Waals surface area contributed by atoms with E-state index in [-0.39, 0.29) is 0 Å². The maximum absolute atomic E-state index is 9.72. The Kier molecular flexibility index (Phi) is 3.12. The van der Waals surface area contributed by atoms with E-state index in [1.54, 1.807) is 13.0 Å². The molecule has 1 fully saturated rings. The lowest BCUT2D eigenvalue weighted by molar-refractivity contribution is 0.199. The maximum atomic E-state index is 9.72. The number of aliphatic hydroxyl groups is 1. The van der Waals surface area contributed by atoms with Gasteiger partial charge < -0.3 is 10.0 Å². The van der Waals surface area contributed by atoms with Gasteiger partial charge >= 0.3 is 0 Å². The van der Waals surface area contributed by atoms with Gasteiger partial charge in [0.15, 0.2) is 0 Å². The minimum atomic E-state index is -0.483. The number of nitriles is 1. The van der Waals surface area contributed by atoms with Crippen molar-refractivity contribution < 1.29 is 5.11 Å². The average molecular weight is 216 g/mol. The molecule has 3 nitrogen and oxygen atoms in total. The monoisotopic (exact) mass is 216 g/mol. The molecule has 16 heavy (non-hydrogen) atoms. The van der Waals surface area contributed by atoms with Gasteiger partial charge in [-0.15, -0.1) is 0 Å². The van der Waals surface area contributed by atoms with Crippen molar-refractivity contribution in [3.8, 4) is 6.07 Å². The Balaban J connectivity index is 2.42. The van der Waals surface area contributed by atoms with E-state index in [0.29, 0.717) is 5.56 Å². The first-order valence-electron chi connectivity index (χ1n) is 5.69. The highest BCUT2D eigenvalue weighted by atomic mass is 16.3. The SMILES string of the molecule is C[C@H](O)c1ccc(C#N)cc1N1CCCC1. The van der Waals surface area contributed by atoms with Gasteiger partial charge in [-0.1, -0.05) is 6.07 Å². The summed E-state index contributed by atoms with van der Waals surface area (Å²) < 4.78 is 0. The summed E-state index contributed by atoms with van der Waals surface area (Å²) in [6.45, 7) is 3.81. The van der Waals surface area contributed by atoms with E-state index in [2.05, 4.69) is 11.0 Å². The Morgan fingerprint density at radius 1 is 1.38 bits per heavy atom. The van der Waals surface area contributed by atoms with Crippen LogP contribution in [0.15, 0.2) is 18.2 Å². The van der Waals surface area contributed by atoms with Crippen LogP contribution in [-0.4, -0.2) is 18.2 Å². The fourth-order valence-electron chi connectivity index (χ4n) is 2.20. The van der Waals surface area contributed by atoms with Crippen molar-refractivity contribution in [1.82, 2.24) is 0 Å². The molecule has 1 atom stereocenters. The Hall–Kier alpha value is -1.53. The highest BCUT2D eigenvalue weighted by Crippen LogP contribution is 2.29. The molecule has 1 saturated heterocycles. The molecule has 0 spiro atoms. The van der Waals surface area contributed by atoms with Gasteiger partial charge in [0.2, 0.25) is 0 Å². The van der Waals surface area contributed by atoms with Gasteiger partial charge in [0.25, 0.3) is 0 Å². The Labute approximate surface area is 95.9 Å². The molecule has 1 aliphatic heterocycles. The van der Waals surface area contributed by atoms with Gasteiger partial charge in [-0.3, -0.25) is 0 Å². The van der Waals surface area contributed by atoms with E-state index in [9.17, 15) is 5.11 Å². The van der Waals surface area contributed by atoms with E-state index in [1.807, 2.05) is 12.1 Å². The van der Waals surface area contributed by atoms with E-state index in [1.165, 1.54) is 12.8 Å². The van der Waals surface area contributed by atoms with Crippen LogP contribution in [0.5, 0.6) is 0 Å². The molecule has 1 aliphatic rings. The predicted octanol–water partition coefficient (Wildman–Crippen LogP) is 2.21. The molecule has 84 valence electrons. The van der Waals surface area contributed by atoms with Crippen LogP contribution in [0, 0.1) is 11.3 Å². The van der Waals surface area contributed by atoms with Crippen molar-refractivity contribution in [3.05, 3.63) is 29.3 Å². The number of aliphatic hydroxyl groups excluding tert-OH is 1. The van der Waals surface area contributed by atoms with E-state index in [4.69, 9.17) is 5.26 Å². The fourth-order valence-corrected chi connectivity index (χ4v) is 2.20. The van der Waals surface area contributed by atoms with Crippen LogP contribution in [-0.2, 0) is 0 Å². The first-order chi connectivity index (χ1) is 7.72. The Bertz CT molecular complexity index is 414. The molecule has 1 N–H and O–H groups in total.